The van der Waals surface area contributed by atoms with Gasteiger partial charge in [-0.1, -0.05) is 30.3 Å². The van der Waals surface area contributed by atoms with Crippen LogP contribution in [0.4, 0.5) is 0 Å². The number of aryl methyl sites for hydroxylation is 1. The molecule has 1 amide bonds. The highest BCUT2D eigenvalue weighted by atomic mass is 32.2. The van der Waals surface area contributed by atoms with Gasteiger partial charge in [-0.05, 0) is 61.6 Å². The van der Waals surface area contributed by atoms with E-state index < -0.39 is 9.84 Å². The minimum Gasteiger partial charge on any atom is -0.353 e. The molecule has 1 fully saturated rings. The molecule has 1 saturated carbocycles. The molecule has 11 heteroatoms. The van der Waals surface area contributed by atoms with Crippen molar-refractivity contribution in [1.82, 2.24) is 29.9 Å². The Bertz CT molecular complexity index is 1870. The summed E-state index contributed by atoms with van der Waals surface area (Å²) < 4.78 is 29.2. The van der Waals surface area contributed by atoms with Gasteiger partial charge in [0.25, 0.3) is 0 Å². The van der Waals surface area contributed by atoms with Gasteiger partial charge in [0.05, 0.1) is 28.5 Å². The van der Waals surface area contributed by atoms with E-state index >= 15 is 0 Å². The Labute approximate surface area is 224 Å². The van der Waals surface area contributed by atoms with Crippen LogP contribution < -0.4 is 5.32 Å². The molecular formula is C28H25N7O3S. The first kappa shape index (κ1) is 24.8. The Hall–Kier alpha value is -4.56. The van der Waals surface area contributed by atoms with Crippen molar-refractivity contribution in [3.63, 3.8) is 0 Å². The summed E-state index contributed by atoms with van der Waals surface area (Å²) in [5.41, 5.74) is 3.34. The van der Waals surface area contributed by atoms with Crippen molar-refractivity contribution in [2.24, 2.45) is 0 Å². The Morgan fingerprint density at radius 3 is 2.69 bits per heavy atom. The molecule has 0 unspecified atom stereocenters. The van der Waals surface area contributed by atoms with Gasteiger partial charge in [-0.25, -0.2) is 13.4 Å². The summed E-state index contributed by atoms with van der Waals surface area (Å²) >= 11 is 0. The van der Waals surface area contributed by atoms with Crippen LogP contribution >= 0.6 is 0 Å². The lowest BCUT2D eigenvalue weighted by molar-refractivity contribution is -0.121. The highest BCUT2D eigenvalue weighted by Crippen LogP contribution is 2.36. The van der Waals surface area contributed by atoms with Gasteiger partial charge in [-0.3, -0.25) is 9.20 Å². The molecule has 5 aromatic rings. The largest absolute Gasteiger partial charge is 0.353 e. The smallest absolute Gasteiger partial charge is 0.228 e. The van der Waals surface area contributed by atoms with E-state index in [1.165, 1.54) is 0 Å². The number of carbonyl (C=O) groups excluding carboxylic acids is 1. The molecule has 6 rings (SSSR count). The maximum absolute atomic E-state index is 13.7. The zero-order chi connectivity index (χ0) is 27.1. The van der Waals surface area contributed by atoms with E-state index in [1.54, 1.807) is 66.1 Å². The zero-order valence-corrected chi connectivity index (χ0v) is 21.9. The minimum atomic E-state index is -3.97. The van der Waals surface area contributed by atoms with Crippen LogP contribution in [-0.2, 0) is 21.1 Å². The van der Waals surface area contributed by atoms with Crippen molar-refractivity contribution in [3.8, 4) is 6.07 Å². The molecule has 1 aliphatic rings. The number of nitrogens with zero attached hydrogens (tertiary/aromatic N) is 5. The Morgan fingerprint density at radius 2 is 1.92 bits per heavy atom. The lowest BCUT2D eigenvalue weighted by atomic mass is 10.1. The highest BCUT2D eigenvalue weighted by Gasteiger charge is 2.33. The summed E-state index contributed by atoms with van der Waals surface area (Å²) in [4.78, 5) is 20.4. The first-order chi connectivity index (χ1) is 18.8. The third-order valence-electron chi connectivity index (χ3n) is 7.29. The summed E-state index contributed by atoms with van der Waals surface area (Å²) in [7, 11) is -3.97. The van der Waals surface area contributed by atoms with Gasteiger partial charge in [0.2, 0.25) is 20.8 Å². The van der Waals surface area contributed by atoms with E-state index in [0.717, 1.165) is 18.4 Å². The summed E-state index contributed by atoms with van der Waals surface area (Å²) in [5.74, 6) is 0.553. The fourth-order valence-corrected chi connectivity index (χ4v) is 6.90. The lowest BCUT2D eigenvalue weighted by Crippen LogP contribution is -2.34. The number of aromatic nitrogens is 5. The first-order valence-electron chi connectivity index (χ1n) is 12.7. The van der Waals surface area contributed by atoms with Crippen LogP contribution in [0.5, 0.6) is 0 Å². The van der Waals surface area contributed by atoms with Crippen LogP contribution in [0.3, 0.4) is 0 Å². The molecular weight excluding hydrogens is 514 g/mol. The zero-order valence-electron chi connectivity index (χ0n) is 21.1. The number of hydrogen-bond donors (Lipinski definition) is 2. The van der Waals surface area contributed by atoms with E-state index in [0.29, 0.717) is 34.5 Å². The Kier molecular flexibility index (Phi) is 6.12. The predicted octanol–water partition coefficient (Wildman–Crippen LogP) is 3.61. The van der Waals surface area contributed by atoms with Crippen LogP contribution in [-0.4, -0.2) is 44.9 Å². The molecule has 2 atom stereocenters. The number of hydrogen-bond acceptors (Lipinski definition) is 7. The van der Waals surface area contributed by atoms with Crippen LogP contribution in [0.2, 0.25) is 0 Å². The number of sulfone groups is 1. The molecule has 2 aromatic carbocycles. The summed E-state index contributed by atoms with van der Waals surface area (Å²) in [5, 5.41) is 20.7. The highest BCUT2D eigenvalue weighted by molar-refractivity contribution is 7.91. The van der Waals surface area contributed by atoms with Crippen molar-refractivity contribution in [2.45, 2.75) is 54.5 Å². The molecule has 0 aliphatic heterocycles. The summed E-state index contributed by atoms with van der Waals surface area (Å²) in [6.07, 6.45) is 4.15. The summed E-state index contributed by atoms with van der Waals surface area (Å²) in [6.45, 7) is 1.75. The van der Waals surface area contributed by atoms with Crippen LogP contribution in [0.25, 0.3) is 16.8 Å². The second kappa shape index (κ2) is 9.63. The standard InChI is InChI=1S/C28H25N7O3S/c1-17-4-2-3-5-23(17)39(37,38)28-27-34-33-26(35(27)22-12-13-30-25(22)32-28)20-10-11-21(15-20)31-24(36)14-18-6-8-19(16-29)9-7-18/h2-9,12-13,20-21,30H,10-11,14-15H2,1H3,(H,31,36)/t20-,21+/m1/s1. The second-order valence-electron chi connectivity index (χ2n) is 9.87. The van der Waals surface area contributed by atoms with E-state index in [2.05, 4.69) is 31.6 Å². The third kappa shape index (κ3) is 4.42. The number of nitrogens with one attached hydrogen (secondary N) is 2. The van der Waals surface area contributed by atoms with Gasteiger partial charge in [0, 0.05) is 18.2 Å². The fourth-order valence-electron chi connectivity index (χ4n) is 5.36. The molecule has 3 aromatic heterocycles. The third-order valence-corrected chi connectivity index (χ3v) is 9.11. The van der Waals surface area contributed by atoms with Crippen molar-refractivity contribution in [2.75, 3.05) is 0 Å². The van der Waals surface area contributed by atoms with Crippen molar-refractivity contribution in [3.05, 3.63) is 83.3 Å². The quantitative estimate of drug-likeness (QED) is 0.335. The second-order valence-corrected chi connectivity index (χ2v) is 11.7. The topological polar surface area (TPSA) is 146 Å². The van der Waals surface area contributed by atoms with Crippen LogP contribution in [0.1, 0.15) is 47.7 Å². The van der Waals surface area contributed by atoms with Gasteiger partial charge in [0.15, 0.2) is 11.3 Å². The average molecular weight is 540 g/mol. The number of benzene rings is 2. The number of H-pyrrole nitrogens is 1. The number of carbonyl (C=O) groups is 1. The molecule has 0 saturated heterocycles. The monoisotopic (exact) mass is 539 g/mol. The maximum atomic E-state index is 13.7. The number of amides is 1. The van der Waals surface area contributed by atoms with E-state index in [1.807, 2.05) is 6.07 Å². The fraction of sp³-hybridized carbons (Fsp3) is 0.250. The molecule has 0 radical (unpaired) electrons. The minimum absolute atomic E-state index is 0.0188. The molecule has 3 heterocycles. The molecule has 1 aliphatic carbocycles. The van der Waals surface area contributed by atoms with Gasteiger partial charge in [-0.2, -0.15) is 5.26 Å². The normalized spacial score (nSPS) is 17.4. The molecule has 196 valence electrons. The van der Waals surface area contributed by atoms with E-state index in [-0.39, 0.29) is 39.9 Å². The van der Waals surface area contributed by atoms with Crippen molar-refractivity contribution >= 4 is 32.6 Å². The van der Waals surface area contributed by atoms with Crippen molar-refractivity contribution in [1.29, 1.82) is 5.26 Å². The molecule has 0 bridgehead atoms. The number of aromatic amines is 1. The molecule has 2 N–H and O–H groups in total. The van der Waals surface area contributed by atoms with E-state index in [4.69, 9.17) is 5.26 Å². The van der Waals surface area contributed by atoms with Crippen LogP contribution in [0.15, 0.2) is 70.7 Å². The number of nitriles is 1. The van der Waals surface area contributed by atoms with Crippen molar-refractivity contribution < 1.29 is 13.2 Å². The van der Waals surface area contributed by atoms with Gasteiger partial charge < -0.3 is 10.3 Å². The summed E-state index contributed by atoms with van der Waals surface area (Å²) in [6, 6.07) is 17.7. The average Bonchev–Trinajstić information content (AvgIpc) is 3.68. The molecule has 39 heavy (non-hydrogen) atoms. The SMILES string of the molecule is Cc1ccccc1S(=O)(=O)c1nc2[nH]ccc2n2c([C@@H]3CC[C@H](NC(=O)Cc4ccc(C#N)cc4)C3)nnc12. The lowest BCUT2D eigenvalue weighted by Gasteiger charge is -2.14. The van der Waals surface area contributed by atoms with Gasteiger partial charge >= 0.3 is 0 Å². The van der Waals surface area contributed by atoms with Crippen LogP contribution in [0, 0.1) is 18.3 Å². The number of rotatable bonds is 6. The Morgan fingerprint density at radius 1 is 1.13 bits per heavy atom. The number of fused-ring (bicyclic) bond motifs is 3. The predicted molar refractivity (Wildman–Crippen MR) is 143 cm³/mol. The van der Waals surface area contributed by atoms with Gasteiger partial charge in [-0.15, -0.1) is 10.2 Å². The molecule has 10 nitrogen and oxygen atoms in total. The van der Waals surface area contributed by atoms with Gasteiger partial charge in [0.1, 0.15) is 5.82 Å². The van der Waals surface area contributed by atoms with E-state index in [9.17, 15) is 13.2 Å². The maximum Gasteiger partial charge on any atom is 0.228 e. The Balaban J connectivity index is 1.29. The first-order valence-corrected chi connectivity index (χ1v) is 14.1. The molecule has 0 spiro atoms.